The molecule has 1 aliphatic heterocycles. The Kier molecular flexibility index (Phi) is 4.92. The van der Waals surface area contributed by atoms with Gasteiger partial charge >= 0.3 is 5.63 Å². The first-order chi connectivity index (χ1) is 13.0. The van der Waals surface area contributed by atoms with Crippen molar-refractivity contribution in [3.8, 4) is 5.75 Å². The molecule has 2 aromatic rings. The lowest BCUT2D eigenvalue weighted by Crippen LogP contribution is -2.60. The van der Waals surface area contributed by atoms with Gasteiger partial charge in [-0.3, -0.25) is 0 Å². The molecule has 1 aromatic heterocycles. The van der Waals surface area contributed by atoms with Gasteiger partial charge in [-0.2, -0.15) is 0 Å². The summed E-state index contributed by atoms with van der Waals surface area (Å²) in [4.78, 5) is 12.2. The Balaban J connectivity index is 1.64. The molecule has 0 saturated carbocycles. The Morgan fingerprint density at radius 2 is 1.78 bits per heavy atom. The van der Waals surface area contributed by atoms with Crippen molar-refractivity contribution < 1.29 is 34.3 Å². The molecule has 5 unspecified atom stereocenters. The summed E-state index contributed by atoms with van der Waals surface area (Å²) in [6.07, 6.45) is -3.29. The van der Waals surface area contributed by atoms with Crippen molar-refractivity contribution in [3.63, 3.8) is 0 Å². The Labute approximate surface area is 154 Å². The zero-order valence-corrected chi connectivity index (χ0v) is 14.6. The minimum absolute atomic E-state index is 0.269. The summed E-state index contributed by atoms with van der Waals surface area (Å²) in [7, 11) is 0. The van der Waals surface area contributed by atoms with Crippen LogP contribution in [0.3, 0.4) is 0 Å². The van der Waals surface area contributed by atoms with Gasteiger partial charge in [0.05, 0.1) is 6.61 Å². The van der Waals surface area contributed by atoms with Crippen LogP contribution in [-0.2, 0) is 17.6 Å². The minimum atomic E-state index is -1.52. The van der Waals surface area contributed by atoms with Crippen LogP contribution in [0.4, 0.5) is 0 Å². The number of benzene rings is 1. The zero-order chi connectivity index (χ0) is 19.1. The number of ether oxygens (including phenoxy) is 2. The van der Waals surface area contributed by atoms with Crippen LogP contribution in [0.5, 0.6) is 5.75 Å². The molecule has 1 aromatic carbocycles. The van der Waals surface area contributed by atoms with Crippen LogP contribution in [0.1, 0.15) is 24.0 Å². The quantitative estimate of drug-likeness (QED) is 0.543. The molecule has 5 atom stereocenters. The number of aliphatic hydroxyl groups is 4. The maximum Gasteiger partial charge on any atom is 0.339 e. The van der Waals surface area contributed by atoms with Crippen molar-refractivity contribution in [3.05, 3.63) is 39.7 Å². The van der Waals surface area contributed by atoms with Crippen LogP contribution in [0.25, 0.3) is 11.0 Å². The van der Waals surface area contributed by atoms with Crippen molar-refractivity contribution in [2.45, 2.75) is 56.4 Å². The van der Waals surface area contributed by atoms with Crippen LogP contribution in [0.2, 0.25) is 0 Å². The molecular formula is C19H22O8. The van der Waals surface area contributed by atoms with E-state index in [1.807, 2.05) is 0 Å². The van der Waals surface area contributed by atoms with Gasteiger partial charge in [0.1, 0.15) is 35.7 Å². The van der Waals surface area contributed by atoms with E-state index in [2.05, 4.69) is 0 Å². The largest absolute Gasteiger partial charge is 0.462 e. The smallest absolute Gasteiger partial charge is 0.339 e. The Bertz CT molecular complexity index is 889. The summed E-state index contributed by atoms with van der Waals surface area (Å²) in [5.41, 5.74) is 1.77. The Morgan fingerprint density at radius 1 is 1.04 bits per heavy atom. The normalized spacial score (nSPS) is 30.9. The Morgan fingerprint density at radius 3 is 2.52 bits per heavy atom. The molecule has 2 heterocycles. The van der Waals surface area contributed by atoms with E-state index in [1.165, 1.54) is 6.07 Å². The first-order valence-electron chi connectivity index (χ1n) is 9.05. The van der Waals surface area contributed by atoms with E-state index in [9.17, 15) is 25.2 Å². The average Bonchev–Trinajstić information content (AvgIpc) is 2.68. The second-order valence-corrected chi connectivity index (χ2v) is 7.03. The van der Waals surface area contributed by atoms with Crippen LogP contribution < -0.4 is 10.4 Å². The average molecular weight is 378 g/mol. The number of fused-ring (bicyclic) bond motifs is 3. The molecule has 8 heteroatoms. The van der Waals surface area contributed by atoms with Gasteiger partial charge in [0.2, 0.25) is 6.29 Å². The molecule has 27 heavy (non-hydrogen) atoms. The first kappa shape index (κ1) is 18.4. The number of aryl methyl sites for hydroxylation is 1. The molecule has 8 nitrogen and oxygen atoms in total. The fraction of sp³-hybridized carbons (Fsp3) is 0.526. The topological polar surface area (TPSA) is 130 Å². The molecule has 0 spiro atoms. The molecule has 1 saturated heterocycles. The number of hydrogen-bond donors (Lipinski definition) is 4. The van der Waals surface area contributed by atoms with Gasteiger partial charge in [0.25, 0.3) is 0 Å². The molecule has 0 amide bonds. The summed E-state index contributed by atoms with van der Waals surface area (Å²) < 4.78 is 16.4. The standard InChI is InChI=1S/C19H22O8/c20-8-14-15(21)16(22)17(23)19(27-14)25-9-5-6-11-10-3-1-2-4-12(10)18(24)26-13(11)7-9/h5-7,14-17,19-23H,1-4,8H2. The molecule has 1 fully saturated rings. The third-order valence-corrected chi connectivity index (χ3v) is 5.30. The van der Waals surface area contributed by atoms with Crippen molar-refractivity contribution in [1.29, 1.82) is 0 Å². The van der Waals surface area contributed by atoms with E-state index in [4.69, 9.17) is 13.9 Å². The monoisotopic (exact) mass is 378 g/mol. The first-order valence-corrected chi connectivity index (χ1v) is 9.05. The van der Waals surface area contributed by atoms with E-state index in [0.29, 0.717) is 5.58 Å². The second-order valence-electron chi connectivity index (χ2n) is 7.03. The Hall–Kier alpha value is -1.97. The highest BCUT2D eigenvalue weighted by molar-refractivity contribution is 5.82. The maximum atomic E-state index is 12.2. The highest BCUT2D eigenvalue weighted by Crippen LogP contribution is 2.30. The van der Waals surface area contributed by atoms with E-state index >= 15 is 0 Å². The van der Waals surface area contributed by atoms with Gasteiger partial charge in [-0.15, -0.1) is 0 Å². The van der Waals surface area contributed by atoms with Crippen LogP contribution >= 0.6 is 0 Å². The predicted octanol–water partition coefficient (Wildman–Crippen LogP) is -0.150. The van der Waals surface area contributed by atoms with Crippen molar-refractivity contribution >= 4 is 11.0 Å². The molecule has 2 aliphatic rings. The lowest BCUT2D eigenvalue weighted by molar-refractivity contribution is -0.277. The van der Waals surface area contributed by atoms with Gasteiger partial charge in [0.15, 0.2) is 0 Å². The van der Waals surface area contributed by atoms with Gasteiger partial charge in [0, 0.05) is 17.0 Å². The fourth-order valence-electron chi connectivity index (χ4n) is 3.80. The van der Waals surface area contributed by atoms with Gasteiger partial charge in [-0.1, -0.05) is 0 Å². The third kappa shape index (κ3) is 3.24. The molecule has 0 radical (unpaired) electrons. The summed E-state index contributed by atoms with van der Waals surface area (Å²) in [6.45, 7) is -0.538. The van der Waals surface area contributed by atoms with Crippen molar-refractivity contribution in [2.24, 2.45) is 0 Å². The molecule has 4 N–H and O–H groups in total. The number of rotatable bonds is 3. The summed E-state index contributed by atoms with van der Waals surface area (Å²) in [5.74, 6) is 0.269. The van der Waals surface area contributed by atoms with Crippen LogP contribution in [-0.4, -0.2) is 57.7 Å². The lowest BCUT2D eigenvalue weighted by atomic mass is 9.91. The lowest BCUT2D eigenvalue weighted by Gasteiger charge is -2.39. The van der Waals surface area contributed by atoms with Crippen molar-refractivity contribution in [1.82, 2.24) is 0 Å². The predicted molar refractivity (Wildman–Crippen MR) is 93.5 cm³/mol. The summed E-state index contributed by atoms with van der Waals surface area (Å²) >= 11 is 0. The van der Waals surface area contributed by atoms with Crippen LogP contribution in [0, 0.1) is 0 Å². The SMILES string of the molecule is O=c1oc2cc(OC3OC(CO)C(O)C(O)C3O)ccc2c2c1CCCC2. The highest BCUT2D eigenvalue weighted by atomic mass is 16.7. The van der Waals surface area contributed by atoms with Crippen LogP contribution in [0.15, 0.2) is 27.4 Å². The fourth-order valence-corrected chi connectivity index (χ4v) is 3.80. The van der Waals surface area contributed by atoms with E-state index < -0.39 is 37.3 Å². The van der Waals surface area contributed by atoms with Gasteiger partial charge in [-0.05, 0) is 43.4 Å². The van der Waals surface area contributed by atoms with E-state index in [-0.39, 0.29) is 11.4 Å². The molecule has 1 aliphatic carbocycles. The van der Waals surface area contributed by atoms with Gasteiger partial charge in [-0.25, -0.2) is 4.79 Å². The molecule has 146 valence electrons. The molecular weight excluding hydrogens is 356 g/mol. The summed E-state index contributed by atoms with van der Waals surface area (Å²) in [5, 5.41) is 39.9. The zero-order valence-electron chi connectivity index (χ0n) is 14.6. The van der Waals surface area contributed by atoms with E-state index in [1.54, 1.807) is 12.1 Å². The van der Waals surface area contributed by atoms with Crippen molar-refractivity contribution in [2.75, 3.05) is 6.61 Å². The van der Waals surface area contributed by atoms with E-state index in [0.717, 1.165) is 42.2 Å². The van der Waals surface area contributed by atoms with Gasteiger partial charge < -0.3 is 34.3 Å². The number of hydrogen-bond acceptors (Lipinski definition) is 8. The molecule has 4 rings (SSSR count). The minimum Gasteiger partial charge on any atom is -0.462 e. The summed E-state index contributed by atoms with van der Waals surface area (Å²) in [6, 6.07) is 4.99. The maximum absolute atomic E-state index is 12.2. The highest BCUT2D eigenvalue weighted by Gasteiger charge is 2.44. The molecule has 0 bridgehead atoms. The second kappa shape index (κ2) is 7.21. The number of aliphatic hydroxyl groups excluding tert-OH is 4. The third-order valence-electron chi connectivity index (χ3n) is 5.30.